The van der Waals surface area contributed by atoms with Gasteiger partial charge in [-0.05, 0) is 87.3 Å². The fourth-order valence-corrected chi connectivity index (χ4v) is 5.19. The van der Waals surface area contributed by atoms with Crippen molar-refractivity contribution in [3.63, 3.8) is 0 Å². The Morgan fingerprint density at radius 2 is 1.74 bits per heavy atom. The van der Waals surface area contributed by atoms with Crippen LogP contribution in [0.2, 0.25) is 0 Å². The van der Waals surface area contributed by atoms with Gasteiger partial charge in [-0.1, -0.05) is 35.9 Å². The maximum absolute atomic E-state index is 12.9. The van der Waals surface area contributed by atoms with Gasteiger partial charge < -0.3 is 4.57 Å². The molecule has 6 nitrogen and oxygen atoms in total. The molecule has 0 fully saturated rings. The topological polar surface area (TPSA) is 73.8 Å². The molecule has 0 aliphatic carbocycles. The standard InChI is InChI=1S/C27H25N5OS/c1-15-7-6-8-20(11-15)26-30-32-24(28)22(25(33)29-27(32)34-26)14-21-13-18(4)31(19(21)5)23-12-16(2)9-10-17(23)3/h6-14,28H,1-5H3/b22-14+,28-24?. The molecule has 2 aliphatic rings. The molecule has 3 heterocycles. The third-order valence-electron chi connectivity index (χ3n) is 6.10. The minimum atomic E-state index is -0.416. The van der Waals surface area contributed by atoms with Gasteiger partial charge in [0.25, 0.3) is 5.91 Å². The number of carbonyl (C=O) groups excluding carboxylic acids is 1. The lowest BCUT2D eigenvalue weighted by atomic mass is 10.1. The molecule has 0 radical (unpaired) electrons. The summed E-state index contributed by atoms with van der Waals surface area (Å²) >= 11 is 1.32. The van der Waals surface area contributed by atoms with Crippen molar-refractivity contribution in [3.05, 3.63) is 93.3 Å². The normalized spacial score (nSPS) is 16.7. The van der Waals surface area contributed by atoms with Gasteiger partial charge in [-0.3, -0.25) is 10.2 Å². The highest BCUT2D eigenvalue weighted by Gasteiger charge is 2.36. The molecule has 0 atom stereocenters. The van der Waals surface area contributed by atoms with Gasteiger partial charge >= 0.3 is 0 Å². The Morgan fingerprint density at radius 1 is 0.971 bits per heavy atom. The number of rotatable bonds is 3. The van der Waals surface area contributed by atoms with E-state index in [0.29, 0.717) is 5.17 Å². The van der Waals surface area contributed by atoms with Crippen molar-refractivity contribution in [2.75, 3.05) is 0 Å². The Bertz CT molecular complexity index is 1470. The van der Waals surface area contributed by atoms with Crippen LogP contribution in [0.4, 0.5) is 0 Å². The summed E-state index contributed by atoms with van der Waals surface area (Å²) in [5.74, 6) is -0.373. The summed E-state index contributed by atoms with van der Waals surface area (Å²) < 4.78 is 2.19. The molecule has 0 spiro atoms. The number of amides is 1. The lowest BCUT2D eigenvalue weighted by Crippen LogP contribution is -2.35. The summed E-state index contributed by atoms with van der Waals surface area (Å²) in [5, 5.41) is 15.9. The molecule has 1 aromatic heterocycles. The monoisotopic (exact) mass is 467 g/mol. The Labute approximate surface area is 203 Å². The molecule has 1 N–H and O–H groups in total. The van der Waals surface area contributed by atoms with Gasteiger partial charge in [0, 0.05) is 22.6 Å². The number of nitrogens with zero attached hydrogens (tertiary/aromatic N) is 4. The highest BCUT2D eigenvalue weighted by atomic mass is 32.2. The Balaban J connectivity index is 1.53. The van der Waals surface area contributed by atoms with Gasteiger partial charge in [-0.15, -0.1) is 0 Å². The van der Waals surface area contributed by atoms with Crippen LogP contribution in [0.3, 0.4) is 0 Å². The maximum Gasteiger partial charge on any atom is 0.283 e. The lowest BCUT2D eigenvalue weighted by molar-refractivity contribution is -0.114. The van der Waals surface area contributed by atoms with Crippen LogP contribution in [0.15, 0.2) is 64.2 Å². The van der Waals surface area contributed by atoms with E-state index in [1.807, 2.05) is 44.2 Å². The van der Waals surface area contributed by atoms with Crippen molar-refractivity contribution in [1.82, 2.24) is 9.58 Å². The number of nitrogens with one attached hydrogen (secondary N) is 1. The molecule has 0 bridgehead atoms. The third-order valence-corrected chi connectivity index (χ3v) is 7.05. The molecule has 3 aromatic rings. The van der Waals surface area contributed by atoms with Crippen molar-refractivity contribution in [1.29, 1.82) is 5.41 Å². The van der Waals surface area contributed by atoms with Gasteiger partial charge in [-0.25, -0.2) is 0 Å². The van der Waals surface area contributed by atoms with E-state index in [9.17, 15) is 4.79 Å². The number of benzene rings is 2. The van der Waals surface area contributed by atoms with Gasteiger partial charge in [0.15, 0.2) is 5.84 Å². The van der Waals surface area contributed by atoms with Crippen molar-refractivity contribution in [2.24, 2.45) is 10.1 Å². The van der Waals surface area contributed by atoms with Gasteiger partial charge in [0.05, 0.1) is 5.57 Å². The van der Waals surface area contributed by atoms with Crippen LogP contribution in [0, 0.1) is 40.0 Å². The molecular formula is C27H25N5OS. The van der Waals surface area contributed by atoms with Crippen molar-refractivity contribution < 1.29 is 4.79 Å². The van der Waals surface area contributed by atoms with Gasteiger partial charge in [-0.2, -0.15) is 15.1 Å². The predicted molar refractivity (Wildman–Crippen MR) is 140 cm³/mol. The number of hydrogen-bond acceptors (Lipinski definition) is 4. The summed E-state index contributed by atoms with van der Waals surface area (Å²) in [6, 6.07) is 16.4. The van der Waals surface area contributed by atoms with E-state index in [0.717, 1.165) is 38.8 Å². The zero-order valence-corrected chi connectivity index (χ0v) is 20.6. The van der Waals surface area contributed by atoms with E-state index >= 15 is 0 Å². The quantitative estimate of drug-likeness (QED) is 0.503. The summed E-state index contributed by atoms with van der Waals surface area (Å²) in [4.78, 5) is 17.2. The van der Waals surface area contributed by atoms with E-state index in [2.05, 4.69) is 53.6 Å². The zero-order valence-electron chi connectivity index (χ0n) is 19.8. The number of aryl methyl sites for hydroxylation is 4. The number of carbonyl (C=O) groups is 1. The maximum atomic E-state index is 12.9. The molecule has 0 saturated heterocycles. The number of aromatic nitrogens is 1. The Morgan fingerprint density at radius 3 is 2.50 bits per heavy atom. The number of fused-ring (bicyclic) bond motifs is 1. The molecule has 34 heavy (non-hydrogen) atoms. The molecule has 5 rings (SSSR count). The predicted octanol–water partition coefficient (Wildman–Crippen LogP) is 5.69. The third kappa shape index (κ3) is 3.72. The van der Waals surface area contributed by atoms with Crippen molar-refractivity contribution in [2.45, 2.75) is 34.6 Å². The number of thioether (sulfide) groups is 1. The van der Waals surface area contributed by atoms with Crippen molar-refractivity contribution in [3.8, 4) is 5.69 Å². The first-order valence-electron chi connectivity index (χ1n) is 11.1. The van der Waals surface area contributed by atoms with E-state index in [4.69, 9.17) is 5.41 Å². The fraction of sp³-hybridized carbons (Fsp3) is 0.185. The molecule has 0 saturated carbocycles. The molecule has 170 valence electrons. The minimum absolute atomic E-state index is 0.0432. The van der Waals surface area contributed by atoms with Crippen LogP contribution in [0.25, 0.3) is 11.8 Å². The molecule has 2 aliphatic heterocycles. The van der Waals surface area contributed by atoms with Gasteiger partial charge in [0.1, 0.15) is 5.04 Å². The molecule has 0 unspecified atom stereocenters. The number of amidine groups is 2. The van der Waals surface area contributed by atoms with E-state index in [-0.39, 0.29) is 11.4 Å². The van der Waals surface area contributed by atoms with Crippen LogP contribution in [-0.2, 0) is 4.79 Å². The number of aliphatic imine (C=N–C) groups is 1. The number of hydrazone groups is 1. The first-order valence-corrected chi connectivity index (χ1v) is 11.9. The highest BCUT2D eigenvalue weighted by molar-refractivity contribution is 8.27. The van der Waals surface area contributed by atoms with Gasteiger partial charge in [0.2, 0.25) is 5.17 Å². The smallest absolute Gasteiger partial charge is 0.283 e. The Hall–Kier alpha value is -3.71. The van der Waals surface area contributed by atoms with Crippen LogP contribution in [0.1, 0.15) is 39.2 Å². The van der Waals surface area contributed by atoms with Crippen LogP contribution in [-0.4, -0.2) is 31.5 Å². The van der Waals surface area contributed by atoms with Crippen LogP contribution < -0.4 is 0 Å². The average molecular weight is 468 g/mol. The summed E-state index contributed by atoms with van der Waals surface area (Å²) in [6.45, 7) is 10.3. The highest BCUT2D eigenvalue weighted by Crippen LogP contribution is 2.32. The second-order valence-corrected chi connectivity index (χ2v) is 9.70. The first kappa shape index (κ1) is 22.1. The summed E-state index contributed by atoms with van der Waals surface area (Å²) in [6.07, 6.45) is 1.76. The Kier molecular flexibility index (Phi) is 5.37. The molecule has 1 amide bonds. The van der Waals surface area contributed by atoms with Crippen LogP contribution in [0.5, 0.6) is 0 Å². The molecular weight excluding hydrogens is 442 g/mol. The number of hydrogen-bond donors (Lipinski definition) is 1. The van der Waals surface area contributed by atoms with E-state index < -0.39 is 5.91 Å². The SMILES string of the molecule is Cc1cccc(C2=NN3C(=N)/C(=C\c4cc(C)n(-c5cc(C)ccc5C)c4C)C(=O)N=C3S2)c1. The molecule has 7 heteroatoms. The zero-order chi connectivity index (χ0) is 24.1. The molecule has 2 aromatic carbocycles. The summed E-state index contributed by atoms with van der Waals surface area (Å²) in [7, 11) is 0. The second kappa shape index (κ2) is 8.25. The van der Waals surface area contributed by atoms with E-state index in [1.54, 1.807) is 6.08 Å². The fourth-order valence-electron chi connectivity index (χ4n) is 4.31. The van der Waals surface area contributed by atoms with Crippen molar-refractivity contribution >= 4 is 39.8 Å². The van der Waals surface area contributed by atoms with E-state index in [1.165, 1.54) is 27.9 Å². The average Bonchev–Trinajstić information content (AvgIpc) is 3.33. The largest absolute Gasteiger partial charge is 0.318 e. The second-order valence-electron chi connectivity index (χ2n) is 8.75. The summed E-state index contributed by atoms with van der Waals surface area (Å²) in [5.41, 5.74) is 8.75. The first-order chi connectivity index (χ1) is 16.2. The lowest BCUT2D eigenvalue weighted by Gasteiger charge is -2.20. The van der Waals surface area contributed by atoms with Crippen LogP contribution >= 0.6 is 11.8 Å². The minimum Gasteiger partial charge on any atom is -0.318 e.